The van der Waals surface area contributed by atoms with Gasteiger partial charge < -0.3 is 9.73 Å². The number of rotatable bonds is 6. The topological polar surface area (TPSA) is 92.5 Å². The van der Waals surface area contributed by atoms with Gasteiger partial charge in [0.2, 0.25) is 10.0 Å². The molecule has 0 unspecified atom stereocenters. The lowest BCUT2D eigenvalue weighted by molar-refractivity contribution is 0.0931. The molecule has 1 saturated heterocycles. The van der Waals surface area contributed by atoms with Crippen LogP contribution in [0.5, 0.6) is 0 Å². The first kappa shape index (κ1) is 18.6. The van der Waals surface area contributed by atoms with Crippen LogP contribution >= 0.6 is 0 Å². The minimum atomic E-state index is -3.14. The molecule has 0 atom stereocenters. The predicted octanol–water partition coefficient (Wildman–Crippen LogP) is 2.51. The third-order valence-corrected chi connectivity index (χ3v) is 6.78. The van der Waals surface area contributed by atoms with Crippen LogP contribution in [0.2, 0.25) is 0 Å². The quantitative estimate of drug-likeness (QED) is 0.688. The van der Waals surface area contributed by atoms with E-state index in [1.807, 2.05) is 24.3 Å². The van der Waals surface area contributed by atoms with Crippen LogP contribution in [0, 0.1) is 5.92 Å². The summed E-state index contributed by atoms with van der Waals surface area (Å²) in [5.41, 5.74) is 1.83. The zero-order valence-corrected chi connectivity index (χ0v) is 16.3. The highest BCUT2D eigenvalue weighted by atomic mass is 32.2. The van der Waals surface area contributed by atoms with Gasteiger partial charge in [-0.25, -0.2) is 17.7 Å². The molecule has 146 valence electrons. The fourth-order valence-corrected chi connectivity index (χ4v) is 4.55. The van der Waals surface area contributed by atoms with E-state index >= 15 is 0 Å². The van der Waals surface area contributed by atoms with E-state index in [1.165, 1.54) is 4.31 Å². The zero-order chi connectivity index (χ0) is 19.7. The summed E-state index contributed by atoms with van der Waals surface area (Å²) < 4.78 is 30.5. The first-order valence-corrected chi connectivity index (χ1v) is 10.8. The number of nitrogens with zero attached hydrogens (tertiary/aromatic N) is 2. The van der Waals surface area contributed by atoms with Crippen molar-refractivity contribution in [2.24, 2.45) is 5.92 Å². The van der Waals surface area contributed by atoms with Gasteiger partial charge in [0.25, 0.3) is 5.91 Å². The first-order valence-electron chi connectivity index (χ1n) is 9.17. The number of hydrogen-bond acceptors (Lipinski definition) is 5. The Balaban J connectivity index is 1.51. The number of fused-ring (bicyclic) bond motifs is 1. The molecule has 7 nitrogen and oxygen atoms in total. The molecule has 0 spiro atoms. The van der Waals surface area contributed by atoms with Crippen LogP contribution in [0.3, 0.4) is 0 Å². The van der Waals surface area contributed by atoms with E-state index in [2.05, 4.69) is 10.3 Å². The molecule has 0 radical (unpaired) electrons. The largest absolute Gasteiger partial charge is 0.463 e. The molecule has 4 rings (SSSR count). The Bertz CT molecular complexity index is 1100. The summed E-state index contributed by atoms with van der Waals surface area (Å²) in [4.78, 5) is 17.4. The number of aromatic nitrogens is 1. The van der Waals surface area contributed by atoms with Gasteiger partial charge in [-0.3, -0.25) is 4.79 Å². The van der Waals surface area contributed by atoms with Crippen molar-refractivity contribution in [3.63, 3.8) is 0 Å². The minimum absolute atomic E-state index is 0.102. The number of para-hydroxylation sites is 1. The van der Waals surface area contributed by atoms with Crippen molar-refractivity contribution in [2.75, 3.05) is 25.4 Å². The second-order valence-corrected chi connectivity index (χ2v) is 9.10. The highest BCUT2D eigenvalue weighted by Gasteiger charge is 2.34. The molecular weight excluding hydrogens is 378 g/mol. The number of carbonyl (C=O) groups excluding carboxylic acids is 1. The average molecular weight is 399 g/mol. The molecule has 0 bridgehead atoms. The van der Waals surface area contributed by atoms with Crippen LogP contribution < -0.4 is 5.32 Å². The van der Waals surface area contributed by atoms with Gasteiger partial charge in [-0.1, -0.05) is 18.2 Å². The van der Waals surface area contributed by atoms with Crippen LogP contribution in [0.4, 0.5) is 0 Å². The van der Waals surface area contributed by atoms with E-state index in [0.717, 1.165) is 5.39 Å². The van der Waals surface area contributed by atoms with Gasteiger partial charge in [-0.15, -0.1) is 0 Å². The number of nitrogens with one attached hydrogen (secondary N) is 1. The second kappa shape index (κ2) is 7.37. The van der Waals surface area contributed by atoms with Gasteiger partial charge in [0.05, 0.1) is 23.1 Å². The molecule has 1 aromatic carbocycles. The standard InChI is InChI=1S/C20H21N3O4S/c1-2-28(25,26)23-12-14(13-23)11-21-20(24)16-10-18(19-8-5-9-27-19)22-17-7-4-3-6-15(16)17/h3-10,14H,2,11-13H2,1H3,(H,21,24). The number of carbonyl (C=O) groups is 1. The van der Waals surface area contributed by atoms with Crippen molar-refractivity contribution in [1.82, 2.24) is 14.6 Å². The smallest absolute Gasteiger partial charge is 0.252 e. The zero-order valence-electron chi connectivity index (χ0n) is 15.5. The molecule has 3 heterocycles. The molecule has 1 aliphatic heterocycles. The second-order valence-electron chi connectivity index (χ2n) is 6.84. The summed E-state index contributed by atoms with van der Waals surface area (Å²) in [6, 6.07) is 12.8. The molecule has 1 N–H and O–H groups in total. The van der Waals surface area contributed by atoms with Gasteiger partial charge in [0.15, 0.2) is 5.76 Å². The SMILES string of the molecule is CCS(=O)(=O)N1CC(CNC(=O)c2cc(-c3ccco3)nc3ccccc23)C1. The maximum atomic E-state index is 12.9. The number of hydrogen-bond donors (Lipinski definition) is 1. The number of sulfonamides is 1. The van der Waals surface area contributed by atoms with Gasteiger partial charge in [0, 0.05) is 30.9 Å². The normalized spacial score (nSPS) is 15.5. The molecule has 1 fully saturated rings. The monoisotopic (exact) mass is 399 g/mol. The maximum Gasteiger partial charge on any atom is 0.252 e. The summed E-state index contributed by atoms with van der Waals surface area (Å²) >= 11 is 0. The fourth-order valence-electron chi connectivity index (χ4n) is 3.31. The van der Waals surface area contributed by atoms with Crippen molar-refractivity contribution in [2.45, 2.75) is 6.92 Å². The summed E-state index contributed by atoms with van der Waals surface area (Å²) in [5.74, 6) is 0.621. The van der Waals surface area contributed by atoms with Gasteiger partial charge in [-0.05, 0) is 31.2 Å². The average Bonchev–Trinajstić information content (AvgIpc) is 3.20. The van der Waals surface area contributed by atoms with Crippen molar-refractivity contribution in [3.05, 3.63) is 54.3 Å². The molecule has 1 aliphatic rings. The van der Waals surface area contributed by atoms with Gasteiger partial charge in [0.1, 0.15) is 5.69 Å². The third-order valence-electron chi connectivity index (χ3n) is 4.97. The van der Waals surface area contributed by atoms with E-state index in [4.69, 9.17) is 4.42 Å². The van der Waals surface area contributed by atoms with Crippen molar-refractivity contribution >= 4 is 26.8 Å². The Labute approximate surface area is 163 Å². The minimum Gasteiger partial charge on any atom is -0.463 e. The predicted molar refractivity (Wildman–Crippen MR) is 106 cm³/mol. The van der Waals surface area contributed by atoms with Crippen LogP contribution in [-0.4, -0.2) is 49.0 Å². The Morgan fingerprint density at radius 2 is 2.04 bits per heavy atom. The summed E-state index contributed by atoms with van der Waals surface area (Å²) in [5, 5.41) is 3.70. The van der Waals surface area contributed by atoms with Crippen LogP contribution in [0.15, 0.2) is 53.1 Å². The molecule has 3 aromatic rings. The van der Waals surface area contributed by atoms with E-state index in [-0.39, 0.29) is 17.6 Å². The molecule has 2 aromatic heterocycles. The molecule has 8 heteroatoms. The van der Waals surface area contributed by atoms with Gasteiger partial charge in [-0.2, -0.15) is 0 Å². The number of furan rings is 1. The molecule has 0 aliphatic carbocycles. The lowest BCUT2D eigenvalue weighted by Gasteiger charge is -2.37. The Hall–Kier alpha value is -2.71. The maximum absolute atomic E-state index is 12.9. The summed E-state index contributed by atoms with van der Waals surface area (Å²) in [7, 11) is -3.14. The van der Waals surface area contributed by atoms with E-state index < -0.39 is 10.0 Å². The Kier molecular flexibility index (Phi) is 4.91. The van der Waals surface area contributed by atoms with E-state index in [9.17, 15) is 13.2 Å². The third kappa shape index (κ3) is 3.53. The van der Waals surface area contributed by atoms with Crippen molar-refractivity contribution in [3.8, 4) is 11.5 Å². The number of pyridine rings is 1. The van der Waals surface area contributed by atoms with Crippen molar-refractivity contribution < 1.29 is 17.6 Å². The molecule has 28 heavy (non-hydrogen) atoms. The highest BCUT2D eigenvalue weighted by molar-refractivity contribution is 7.89. The Morgan fingerprint density at radius 3 is 2.75 bits per heavy atom. The molecular formula is C20H21N3O4S. The van der Waals surface area contributed by atoms with Crippen molar-refractivity contribution in [1.29, 1.82) is 0 Å². The molecule has 0 saturated carbocycles. The highest BCUT2D eigenvalue weighted by Crippen LogP contribution is 2.25. The van der Waals surface area contributed by atoms with Crippen LogP contribution in [-0.2, 0) is 10.0 Å². The fraction of sp³-hybridized carbons (Fsp3) is 0.300. The van der Waals surface area contributed by atoms with Crippen LogP contribution in [0.25, 0.3) is 22.4 Å². The lowest BCUT2D eigenvalue weighted by Crippen LogP contribution is -2.54. The van der Waals surface area contributed by atoms with E-state index in [1.54, 1.807) is 31.4 Å². The molecule has 1 amide bonds. The Morgan fingerprint density at radius 1 is 1.25 bits per heavy atom. The summed E-state index contributed by atoms with van der Waals surface area (Å²) in [6.45, 7) is 2.97. The van der Waals surface area contributed by atoms with Gasteiger partial charge >= 0.3 is 0 Å². The summed E-state index contributed by atoms with van der Waals surface area (Å²) in [6.07, 6.45) is 1.57. The number of benzene rings is 1. The van der Waals surface area contributed by atoms with Crippen LogP contribution in [0.1, 0.15) is 17.3 Å². The number of amides is 1. The first-order chi connectivity index (χ1) is 13.5. The van der Waals surface area contributed by atoms with E-state index in [0.29, 0.717) is 42.2 Å². The lowest BCUT2D eigenvalue weighted by atomic mass is 10.0.